The van der Waals surface area contributed by atoms with Crippen molar-refractivity contribution in [1.29, 1.82) is 0 Å². The van der Waals surface area contributed by atoms with Crippen molar-refractivity contribution in [2.75, 3.05) is 23.9 Å². The number of rotatable bonds is 9. The quantitative estimate of drug-likeness (QED) is 0.224. The molecule has 40 heavy (non-hydrogen) atoms. The van der Waals surface area contributed by atoms with Crippen LogP contribution >= 0.6 is 11.3 Å². The van der Waals surface area contributed by atoms with Crippen LogP contribution in [0.15, 0.2) is 78.2 Å². The van der Waals surface area contributed by atoms with Crippen LogP contribution in [-0.2, 0) is 13.1 Å². The standard InChI is InChI=1S/C32H33F2N3O2S/c1-36(19-22-3-7-24(8-4-22)25-15-17-32(33,34)18-16-25)28-13-11-26(12-14-28)29-21-40-31(35-29)37(2)20-23-5-9-27(10-6-23)30(38)39/h3-14,21,25H,15-20H2,1-2H3,(H,38,39). The molecule has 1 fully saturated rings. The molecule has 1 aliphatic rings. The van der Waals surface area contributed by atoms with E-state index in [0.29, 0.717) is 19.4 Å². The molecule has 0 unspecified atom stereocenters. The zero-order valence-corrected chi connectivity index (χ0v) is 23.5. The summed E-state index contributed by atoms with van der Waals surface area (Å²) in [5, 5.41) is 12.0. The van der Waals surface area contributed by atoms with Gasteiger partial charge in [0.25, 0.3) is 0 Å². The fourth-order valence-electron chi connectivity index (χ4n) is 5.19. The van der Waals surface area contributed by atoms with Gasteiger partial charge in [0.1, 0.15) is 0 Å². The van der Waals surface area contributed by atoms with Gasteiger partial charge in [-0.25, -0.2) is 18.6 Å². The number of thiazole rings is 1. The monoisotopic (exact) mass is 561 g/mol. The van der Waals surface area contributed by atoms with Crippen LogP contribution in [0.1, 0.15) is 58.6 Å². The largest absolute Gasteiger partial charge is 0.478 e. The molecule has 208 valence electrons. The van der Waals surface area contributed by atoms with E-state index < -0.39 is 11.9 Å². The highest BCUT2D eigenvalue weighted by Gasteiger charge is 2.35. The number of anilines is 2. The molecule has 0 amide bonds. The highest BCUT2D eigenvalue weighted by Crippen LogP contribution is 2.41. The van der Waals surface area contributed by atoms with E-state index in [9.17, 15) is 13.6 Å². The summed E-state index contributed by atoms with van der Waals surface area (Å²) in [4.78, 5) is 20.1. The molecule has 0 aliphatic heterocycles. The summed E-state index contributed by atoms with van der Waals surface area (Å²) in [6.07, 6.45) is 1.08. The van der Waals surface area contributed by atoms with Crippen molar-refractivity contribution in [3.63, 3.8) is 0 Å². The van der Waals surface area contributed by atoms with Crippen molar-refractivity contribution in [3.8, 4) is 11.3 Å². The Balaban J connectivity index is 1.17. The number of carboxylic acids is 1. The van der Waals surface area contributed by atoms with Gasteiger partial charge in [0.2, 0.25) is 5.92 Å². The number of carboxylic acid groups (broad SMARTS) is 1. The van der Waals surface area contributed by atoms with Gasteiger partial charge in [-0.3, -0.25) is 0 Å². The molecule has 4 aromatic rings. The third-order valence-corrected chi connectivity index (χ3v) is 8.59. The molecule has 0 spiro atoms. The Kier molecular flexibility index (Phi) is 8.17. The summed E-state index contributed by atoms with van der Waals surface area (Å²) in [6.45, 7) is 1.38. The lowest BCUT2D eigenvalue weighted by Gasteiger charge is -2.28. The summed E-state index contributed by atoms with van der Waals surface area (Å²) in [7, 11) is 4.04. The fraction of sp³-hybridized carbons (Fsp3) is 0.312. The van der Waals surface area contributed by atoms with Crippen LogP contribution in [0.3, 0.4) is 0 Å². The second-order valence-electron chi connectivity index (χ2n) is 10.6. The minimum atomic E-state index is -2.49. The molecule has 0 bridgehead atoms. The lowest BCUT2D eigenvalue weighted by atomic mass is 9.82. The van der Waals surface area contributed by atoms with Gasteiger partial charge in [-0.1, -0.05) is 48.5 Å². The Bertz CT molecular complexity index is 1430. The molecule has 0 saturated heterocycles. The summed E-state index contributed by atoms with van der Waals surface area (Å²) in [6, 6.07) is 23.7. The van der Waals surface area contributed by atoms with Crippen LogP contribution in [0, 0.1) is 0 Å². The van der Waals surface area contributed by atoms with Crippen LogP contribution in [0.5, 0.6) is 0 Å². The summed E-state index contributed by atoms with van der Waals surface area (Å²) < 4.78 is 27.0. The normalized spacial score (nSPS) is 15.1. The first kappa shape index (κ1) is 27.8. The number of aromatic carboxylic acids is 1. The predicted molar refractivity (Wildman–Crippen MR) is 158 cm³/mol. The van der Waals surface area contributed by atoms with E-state index in [1.165, 1.54) is 5.56 Å². The SMILES string of the molecule is CN(Cc1ccc(C2CCC(F)(F)CC2)cc1)c1ccc(-c2csc(N(C)Cc3ccc(C(=O)O)cc3)n2)cc1. The van der Waals surface area contributed by atoms with Crippen LogP contribution in [0.4, 0.5) is 19.6 Å². The number of aromatic nitrogens is 1. The molecule has 3 aromatic carbocycles. The number of carbonyl (C=O) groups is 1. The Morgan fingerprint density at radius 2 is 1.48 bits per heavy atom. The number of halogens is 2. The Morgan fingerprint density at radius 1 is 0.900 bits per heavy atom. The molecule has 1 saturated carbocycles. The van der Waals surface area contributed by atoms with Crippen LogP contribution in [0.2, 0.25) is 0 Å². The minimum absolute atomic E-state index is 0.0123. The molecule has 1 aliphatic carbocycles. The van der Waals surface area contributed by atoms with Crippen LogP contribution in [-0.4, -0.2) is 36.1 Å². The van der Waals surface area contributed by atoms with Gasteiger partial charge in [0, 0.05) is 56.7 Å². The van der Waals surface area contributed by atoms with Crippen molar-refractivity contribution in [1.82, 2.24) is 4.98 Å². The van der Waals surface area contributed by atoms with Crippen molar-refractivity contribution in [2.24, 2.45) is 0 Å². The van der Waals surface area contributed by atoms with Gasteiger partial charge in [0.05, 0.1) is 11.3 Å². The molecular weight excluding hydrogens is 528 g/mol. The first-order chi connectivity index (χ1) is 19.2. The second-order valence-corrected chi connectivity index (χ2v) is 11.5. The average Bonchev–Trinajstić information content (AvgIpc) is 3.45. The molecule has 1 aromatic heterocycles. The highest BCUT2D eigenvalue weighted by atomic mass is 32.1. The first-order valence-electron chi connectivity index (χ1n) is 13.4. The average molecular weight is 562 g/mol. The van der Waals surface area contributed by atoms with Crippen molar-refractivity contribution in [3.05, 3.63) is 100 Å². The zero-order valence-electron chi connectivity index (χ0n) is 22.7. The maximum Gasteiger partial charge on any atom is 0.335 e. The Morgan fingerprint density at radius 3 is 2.08 bits per heavy atom. The van der Waals surface area contributed by atoms with E-state index in [2.05, 4.69) is 65.4 Å². The fourth-order valence-corrected chi connectivity index (χ4v) is 5.99. The lowest BCUT2D eigenvalue weighted by molar-refractivity contribution is -0.0382. The van der Waals surface area contributed by atoms with Gasteiger partial charge >= 0.3 is 5.97 Å². The molecule has 5 rings (SSSR count). The molecule has 5 nitrogen and oxygen atoms in total. The van der Waals surface area contributed by atoms with Gasteiger partial charge in [-0.15, -0.1) is 11.3 Å². The minimum Gasteiger partial charge on any atom is -0.478 e. The lowest BCUT2D eigenvalue weighted by Crippen LogP contribution is -2.23. The molecule has 8 heteroatoms. The number of alkyl halides is 2. The number of hydrogen-bond acceptors (Lipinski definition) is 5. The number of nitrogens with zero attached hydrogens (tertiary/aromatic N) is 3. The molecular formula is C32H33F2N3O2S. The smallest absolute Gasteiger partial charge is 0.335 e. The number of benzene rings is 3. The van der Waals surface area contributed by atoms with E-state index in [1.54, 1.807) is 23.5 Å². The number of hydrogen-bond donors (Lipinski definition) is 1. The van der Waals surface area contributed by atoms with E-state index >= 15 is 0 Å². The van der Waals surface area contributed by atoms with E-state index in [0.717, 1.165) is 39.7 Å². The third-order valence-electron chi connectivity index (χ3n) is 7.63. The molecule has 1 N–H and O–H groups in total. The second kappa shape index (κ2) is 11.8. The van der Waals surface area contributed by atoms with Crippen molar-refractivity contribution < 1.29 is 18.7 Å². The molecule has 0 atom stereocenters. The summed E-state index contributed by atoms with van der Waals surface area (Å²) in [5.41, 5.74) is 6.70. The van der Waals surface area contributed by atoms with Gasteiger partial charge in [-0.2, -0.15) is 0 Å². The third kappa shape index (κ3) is 6.67. The summed E-state index contributed by atoms with van der Waals surface area (Å²) >= 11 is 1.58. The molecule has 0 radical (unpaired) electrons. The van der Waals surface area contributed by atoms with E-state index in [4.69, 9.17) is 10.1 Å². The van der Waals surface area contributed by atoms with E-state index in [-0.39, 0.29) is 24.3 Å². The van der Waals surface area contributed by atoms with Gasteiger partial charge in [0.15, 0.2) is 5.13 Å². The van der Waals surface area contributed by atoms with Gasteiger partial charge in [-0.05, 0) is 59.7 Å². The Hall–Kier alpha value is -3.78. The van der Waals surface area contributed by atoms with E-state index in [1.807, 2.05) is 24.6 Å². The van der Waals surface area contributed by atoms with Crippen molar-refractivity contribution in [2.45, 2.75) is 50.6 Å². The van der Waals surface area contributed by atoms with Crippen LogP contribution in [0.25, 0.3) is 11.3 Å². The topological polar surface area (TPSA) is 56.7 Å². The maximum absolute atomic E-state index is 13.5. The summed E-state index contributed by atoms with van der Waals surface area (Å²) in [5.74, 6) is -3.19. The van der Waals surface area contributed by atoms with Crippen LogP contribution < -0.4 is 9.80 Å². The van der Waals surface area contributed by atoms with Crippen molar-refractivity contribution >= 4 is 28.1 Å². The van der Waals surface area contributed by atoms with Gasteiger partial charge < -0.3 is 14.9 Å². The maximum atomic E-state index is 13.5. The predicted octanol–water partition coefficient (Wildman–Crippen LogP) is 8.07. The molecule has 1 heterocycles. The Labute approximate surface area is 237 Å². The highest BCUT2D eigenvalue weighted by molar-refractivity contribution is 7.14. The first-order valence-corrected chi connectivity index (χ1v) is 14.3. The zero-order chi connectivity index (χ0) is 28.3.